The van der Waals surface area contributed by atoms with E-state index in [2.05, 4.69) is 20.5 Å². The second-order valence-corrected chi connectivity index (χ2v) is 4.81. The zero-order chi connectivity index (χ0) is 13.0. The van der Waals surface area contributed by atoms with Crippen LogP contribution in [0.4, 0.5) is 0 Å². The van der Waals surface area contributed by atoms with Gasteiger partial charge >= 0.3 is 0 Å². The quantitative estimate of drug-likeness (QED) is 0.717. The lowest BCUT2D eigenvalue weighted by Crippen LogP contribution is -2.39. The molecule has 2 unspecified atom stereocenters. The van der Waals surface area contributed by atoms with Gasteiger partial charge in [-0.2, -0.15) is 0 Å². The van der Waals surface area contributed by atoms with Gasteiger partial charge < -0.3 is 10.4 Å². The molecule has 1 heterocycles. The summed E-state index contributed by atoms with van der Waals surface area (Å²) in [4.78, 5) is 16.1. The van der Waals surface area contributed by atoms with Crippen molar-refractivity contribution in [1.29, 1.82) is 0 Å². The Morgan fingerprint density at radius 2 is 2.39 bits per heavy atom. The van der Waals surface area contributed by atoms with E-state index in [1.54, 1.807) is 0 Å². The molecule has 0 aromatic carbocycles. The van der Waals surface area contributed by atoms with E-state index in [1.165, 1.54) is 0 Å². The Bertz CT molecular complexity index is 405. The van der Waals surface area contributed by atoms with Gasteiger partial charge in [-0.3, -0.25) is 9.89 Å². The van der Waals surface area contributed by atoms with Crippen LogP contribution in [0.3, 0.4) is 0 Å². The summed E-state index contributed by atoms with van der Waals surface area (Å²) in [6.45, 7) is 2.17. The fourth-order valence-electron chi connectivity index (χ4n) is 2.42. The maximum atomic E-state index is 11.9. The van der Waals surface area contributed by atoms with Crippen molar-refractivity contribution in [1.82, 2.24) is 20.5 Å². The van der Waals surface area contributed by atoms with E-state index in [0.29, 0.717) is 0 Å². The fourth-order valence-corrected chi connectivity index (χ4v) is 2.42. The summed E-state index contributed by atoms with van der Waals surface area (Å²) >= 11 is 0. The van der Waals surface area contributed by atoms with E-state index in [9.17, 15) is 9.90 Å². The molecule has 0 saturated heterocycles. The first-order valence-corrected chi connectivity index (χ1v) is 6.57. The van der Waals surface area contributed by atoms with Gasteiger partial charge in [-0.05, 0) is 19.3 Å². The third-order valence-corrected chi connectivity index (χ3v) is 3.43. The average Bonchev–Trinajstić information content (AvgIpc) is 2.98. The molecule has 0 spiro atoms. The molecule has 2 rings (SSSR count). The molecule has 0 aliphatic heterocycles. The van der Waals surface area contributed by atoms with Crippen LogP contribution in [0.2, 0.25) is 0 Å². The molecule has 2 atom stereocenters. The van der Waals surface area contributed by atoms with Crippen LogP contribution < -0.4 is 5.32 Å². The Kier molecular flexibility index (Phi) is 4.30. The van der Waals surface area contributed by atoms with E-state index in [0.717, 1.165) is 37.9 Å². The van der Waals surface area contributed by atoms with Gasteiger partial charge in [-0.1, -0.05) is 13.3 Å². The van der Waals surface area contributed by atoms with Crippen LogP contribution in [0.15, 0.2) is 0 Å². The number of carbonyl (C=O) groups excluding carboxylic acids is 1. The maximum Gasteiger partial charge on any atom is 0.291 e. The third-order valence-electron chi connectivity index (χ3n) is 3.43. The number of rotatable bonds is 5. The van der Waals surface area contributed by atoms with Crippen molar-refractivity contribution in [2.45, 2.75) is 45.1 Å². The van der Waals surface area contributed by atoms with Crippen molar-refractivity contribution in [2.75, 3.05) is 6.61 Å². The second kappa shape index (κ2) is 5.95. The number of nitrogens with zero attached hydrogens (tertiary/aromatic N) is 2. The molecule has 6 nitrogen and oxygen atoms in total. The van der Waals surface area contributed by atoms with E-state index in [1.807, 2.05) is 6.92 Å². The fraction of sp³-hybridized carbons (Fsp3) is 0.750. The number of carbonyl (C=O) groups is 1. The van der Waals surface area contributed by atoms with Gasteiger partial charge in [0.25, 0.3) is 5.91 Å². The van der Waals surface area contributed by atoms with Crippen molar-refractivity contribution >= 4 is 5.91 Å². The molecule has 18 heavy (non-hydrogen) atoms. The molecule has 1 fully saturated rings. The highest BCUT2D eigenvalue weighted by molar-refractivity contribution is 5.90. The lowest BCUT2D eigenvalue weighted by molar-refractivity contribution is 0.0906. The standard InChI is InChI=1S/C12H20N4O2/c1-2-4-10-14-11(16-15-10)12(18)13-9-6-3-5-8(9)7-17/h8-9,17H,2-7H2,1H3,(H,13,18)(H,14,15,16). The summed E-state index contributed by atoms with van der Waals surface area (Å²) in [5.74, 6) is 0.858. The molecular formula is C12H20N4O2. The highest BCUT2D eigenvalue weighted by Crippen LogP contribution is 2.25. The van der Waals surface area contributed by atoms with Crippen LogP contribution >= 0.6 is 0 Å². The van der Waals surface area contributed by atoms with Crippen molar-refractivity contribution < 1.29 is 9.90 Å². The van der Waals surface area contributed by atoms with Crippen LogP contribution in [0.25, 0.3) is 0 Å². The molecule has 100 valence electrons. The predicted molar refractivity (Wildman–Crippen MR) is 66.1 cm³/mol. The van der Waals surface area contributed by atoms with Crippen LogP contribution in [-0.4, -0.2) is 38.8 Å². The number of amides is 1. The first kappa shape index (κ1) is 13.0. The van der Waals surface area contributed by atoms with Gasteiger partial charge in [-0.25, -0.2) is 4.98 Å². The highest BCUT2D eigenvalue weighted by atomic mass is 16.3. The number of aryl methyl sites for hydroxylation is 1. The Hall–Kier alpha value is -1.43. The lowest BCUT2D eigenvalue weighted by atomic mass is 10.1. The predicted octanol–water partition coefficient (Wildman–Crippen LogP) is 0.648. The summed E-state index contributed by atoms with van der Waals surface area (Å²) in [5, 5.41) is 18.8. The molecule has 0 radical (unpaired) electrons. The van der Waals surface area contributed by atoms with Crippen LogP contribution in [0, 0.1) is 5.92 Å². The first-order valence-electron chi connectivity index (χ1n) is 6.57. The Balaban J connectivity index is 1.94. The van der Waals surface area contributed by atoms with Gasteiger partial charge in [-0.15, -0.1) is 5.10 Å². The number of hydrogen-bond donors (Lipinski definition) is 3. The smallest absolute Gasteiger partial charge is 0.291 e. The molecular weight excluding hydrogens is 232 g/mol. The van der Waals surface area contributed by atoms with Crippen LogP contribution in [-0.2, 0) is 6.42 Å². The minimum absolute atomic E-state index is 0.0515. The minimum atomic E-state index is -0.251. The van der Waals surface area contributed by atoms with Gasteiger partial charge in [0.1, 0.15) is 5.82 Å². The summed E-state index contributed by atoms with van der Waals surface area (Å²) in [7, 11) is 0. The van der Waals surface area contributed by atoms with Crippen molar-refractivity contribution in [3.05, 3.63) is 11.6 Å². The topological polar surface area (TPSA) is 90.9 Å². The summed E-state index contributed by atoms with van der Waals surface area (Å²) < 4.78 is 0. The Labute approximate surface area is 106 Å². The molecule has 6 heteroatoms. The van der Waals surface area contributed by atoms with Gasteiger partial charge in [0.05, 0.1) is 0 Å². The highest BCUT2D eigenvalue weighted by Gasteiger charge is 2.29. The zero-order valence-corrected chi connectivity index (χ0v) is 10.6. The Morgan fingerprint density at radius 1 is 1.56 bits per heavy atom. The average molecular weight is 252 g/mol. The van der Waals surface area contributed by atoms with E-state index >= 15 is 0 Å². The van der Waals surface area contributed by atoms with E-state index in [4.69, 9.17) is 0 Å². The normalized spacial score (nSPS) is 23.2. The van der Waals surface area contributed by atoms with Gasteiger partial charge in [0, 0.05) is 25.0 Å². The lowest BCUT2D eigenvalue weighted by Gasteiger charge is -2.17. The summed E-state index contributed by atoms with van der Waals surface area (Å²) in [6.07, 6.45) is 4.69. The second-order valence-electron chi connectivity index (χ2n) is 4.81. The van der Waals surface area contributed by atoms with Crippen molar-refractivity contribution in [3.8, 4) is 0 Å². The largest absolute Gasteiger partial charge is 0.396 e. The number of H-pyrrole nitrogens is 1. The van der Waals surface area contributed by atoms with Crippen molar-refractivity contribution in [2.24, 2.45) is 5.92 Å². The van der Waals surface area contributed by atoms with Crippen LogP contribution in [0.1, 0.15) is 49.1 Å². The number of aliphatic hydroxyl groups excluding tert-OH is 1. The number of aromatic nitrogens is 3. The van der Waals surface area contributed by atoms with E-state index < -0.39 is 0 Å². The first-order chi connectivity index (χ1) is 8.74. The number of aliphatic hydroxyl groups is 1. The zero-order valence-electron chi connectivity index (χ0n) is 10.6. The summed E-state index contributed by atoms with van der Waals surface area (Å²) in [5.41, 5.74) is 0. The molecule has 3 N–H and O–H groups in total. The Morgan fingerprint density at radius 3 is 3.11 bits per heavy atom. The third kappa shape index (κ3) is 2.87. The van der Waals surface area contributed by atoms with Gasteiger partial charge in [0.2, 0.25) is 5.82 Å². The van der Waals surface area contributed by atoms with Gasteiger partial charge in [0.15, 0.2) is 0 Å². The molecule has 1 aromatic rings. The maximum absolute atomic E-state index is 11.9. The summed E-state index contributed by atoms with van der Waals surface area (Å²) in [6, 6.07) is 0.0515. The SMILES string of the molecule is CCCc1nc(C(=O)NC2CCCC2CO)n[nH]1. The van der Waals surface area contributed by atoms with Crippen molar-refractivity contribution in [3.63, 3.8) is 0 Å². The van der Waals surface area contributed by atoms with Crippen LogP contribution in [0.5, 0.6) is 0 Å². The molecule has 1 amide bonds. The molecule has 1 aromatic heterocycles. The monoisotopic (exact) mass is 252 g/mol. The molecule has 0 bridgehead atoms. The molecule has 1 saturated carbocycles. The molecule has 1 aliphatic rings. The number of aromatic amines is 1. The van der Waals surface area contributed by atoms with E-state index in [-0.39, 0.29) is 30.3 Å². The number of hydrogen-bond acceptors (Lipinski definition) is 4. The minimum Gasteiger partial charge on any atom is -0.396 e. The number of nitrogens with one attached hydrogen (secondary N) is 2. The molecule has 1 aliphatic carbocycles.